The molecule has 3 nitrogen and oxygen atoms in total. The van der Waals surface area contributed by atoms with Crippen molar-refractivity contribution in [2.75, 3.05) is 19.8 Å². The molecule has 0 spiro atoms. The van der Waals surface area contributed by atoms with Crippen LogP contribution in [0, 0.1) is 23.2 Å². The summed E-state index contributed by atoms with van der Waals surface area (Å²) in [5.41, 5.74) is 2.93. The van der Waals surface area contributed by atoms with Gasteiger partial charge in [-0.15, -0.1) is 0 Å². The number of hydrogen-bond acceptors (Lipinski definition) is 3. The van der Waals surface area contributed by atoms with E-state index in [1.165, 1.54) is 5.56 Å². The van der Waals surface area contributed by atoms with Gasteiger partial charge in [-0.3, -0.25) is 4.79 Å². The third-order valence-electron chi connectivity index (χ3n) is 5.10. The first-order valence-corrected chi connectivity index (χ1v) is 9.93. The van der Waals surface area contributed by atoms with E-state index in [2.05, 4.69) is 30.9 Å². The van der Waals surface area contributed by atoms with Gasteiger partial charge in [0.2, 0.25) is 0 Å². The Bertz CT molecular complexity index is 849. The first-order valence-electron chi connectivity index (χ1n) is 9.93. The maximum atomic E-state index is 12.4. The van der Waals surface area contributed by atoms with Crippen molar-refractivity contribution in [2.24, 2.45) is 11.3 Å². The predicted octanol–water partition coefficient (Wildman–Crippen LogP) is 4.66. The lowest BCUT2D eigenvalue weighted by molar-refractivity contribution is -0.156. The maximum Gasteiger partial charge on any atom is 0.143 e. The average molecular weight is 376 g/mol. The zero-order chi connectivity index (χ0) is 20.0. The Kier molecular flexibility index (Phi) is 6.54. The molecule has 0 amide bonds. The molecule has 3 heteroatoms. The van der Waals surface area contributed by atoms with Crippen molar-refractivity contribution >= 4 is 5.78 Å². The van der Waals surface area contributed by atoms with Crippen LogP contribution in [0.5, 0.6) is 5.75 Å². The summed E-state index contributed by atoms with van der Waals surface area (Å²) in [6.07, 6.45) is 1.51. The fourth-order valence-corrected chi connectivity index (χ4v) is 3.28. The second kappa shape index (κ2) is 9.08. The number of Topliss-reactive ketones (excluding diaryl/α,β-unsaturated/α-hetero) is 1. The van der Waals surface area contributed by atoms with Crippen LogP contribution in [-0.4, -0.2) is 25.6 Å². The van der Waals surface area contributed by atoms with Gasteiger partial charge in [0, 0.05) is 17.5 Å². The second-order valence-corrected chi connectivity index (χ2v) is 7.89. The van der Waals surface area contributed by atoms with Crippen LogP contribution in [0.25, 0.3) is 0 Å². The Balaban J connectivity index is 1.54. The Morgan fingerprint density at radius 3 is 2.14 bits per heavy atom. The van der Waals surface area contributed by atoms with Crippen molar-refractivity contribution in [1.82, 2.24) is 0 Å². The highest BCUT2D eigenvalue weighted by molar-refractivity contribution is 5.85. The zero-order valence-corrected chi connectivity index (χ0v) is 17.0. The standard InChI is InChI=1S/C25H28O3/c1-4-28-23-13-11-21(12-14-23)6-5-20-7-9-22(10-8-20)15-19(2)16-24(26)25(3)17-27-18-25/h7-14,19H,4,15-18H2,1-3H3. The van der Waals surface area contributed by atoms with Crippen LogP contribution in [0.15, 0.2) is 48.5 Å². The largest absolute Gasteiger partial charge is 0.494 e. The molecule has 1 atom stereocenters. The number of carbonyl (C=O) groups is 1. The summed E-state index contributed by atoms with van der Waals surface area (Å²) >= 11 is 0. The van der Waals surface area contributed by atoms with Gasteiger partial charge < -0.3 is 9.47 Å². The maximum absolute atomic E-state index is 12.4. The van der Waals surface area contributed by atoms with E-state index < -0.39 is 0 Å². The van der Waals surface area contributed by atoms with Crippen molar-refractivity contribution in [1.29, 1.82) is 0 Å². The van der Waals surface area contributed by atoms with Gasteiger partial charge in [-0.1, -0.05) is 30.9 Å². The highest BCUT2D eigenvalue weighted by Crippen LogP contribution is 2.30. The Morgan fingerprint density at radius 2 is 1.64 bits per heavy atom. The van der Waals surface area contributed by atoms with Crippen LogP contribution < -0.4 is 4.74 Å². The smallest absolute Gasteiger partial charge is 0.143 e. The van der Waals surface area contributed by atoms with E-state index >= 15 is 0 Å². The van der Waals surface area contributed by atoms with Gasteiger partial charge in [0.15, 0.2) is 0 Å². The summed E-state index contributed by atoms with van der Waals surface area (Å²) in [7, 11) is 0. The van der Waals surface area contributed by atoms with Crippen LogP contribution in [0.2, 0.25) is 0 Å². The first-order chi connectivity index (χ1) is 13.5. The lowest BCUT2D eigenvalue weighted by Crippen LogP contribution is -2.46. The topological polar surface area (TPSA) is 35.5 Å². The van der Waals surface area contributed by atoms with Crippen molar-refractivity contribution < 1.29 is 14.3 Å². The summed E-state index contributed by atoms with van der Waals surface area (Å²) in [6, 6.07) is 16.1. The molecular weight excluding hydrogens is 348 g/mol. The second-order valence-electron chi connectivity index (χ2n) is 7.89. The molecule has 0 bridgehead atoms. The Morgan fingerprint density at radius 1 is 1.07 bits per heavy atom. The SMILES string of the molecule is CCOc1ccc(C#Cc2ccc(CC(C)CC(=O)C3(C)COC3)cc2)cc1. The van der Waals surface area contributed by atoms with E-state index in [-0.39, 0.29) is 5.41 Å². The van der Waals surface area contributed by atoms with E-state index in [1.54, 1.807) is 0 Å². The summed E-state index contributed by atoms with van der Waals surface area (Å²) in [6.45, 7) is 7.92. The first kappa shape index (κ1) is 20.2. The minimum absolute atomic E-state index is 0.255. The molecule has 0 aliphatic carbocycles. The summed E-state index contributed by atoms with van der Waals surface area (Å²) in [5, 5.41) is 0. The molecule has 1 unspecified atom stereocenters. The van der Waals surface area contributed by atoms with Crippen LogP contribution in [-0.2, 0) is 16.0 Å². The van der Waals surface area contributed by atoms with Gasteiger partial charge in [0.05, 0.1) is 25.2 Å². The molecule has 0 aromatic heterocycles. The zero-order valence-electron chi connectivity index (χ0n) is 17.0. The molecule has 2 aromatic rings. The van der Waals surface area contributed by atoms with E-state index in [0.717, 1.165) is 23.3 Å². The summed E-state index contributed by atoms with van der Waals surface area (Å²) in [5.74, 6) is 7.90. The molecule has 1 aliphatic rings. The number of rotatable bonds is 7. The molecule has 0 radical (unpaired) electrons. The molecule has 146 valence electrons. The molecular formula is C25H28O3. The van der Waals surface area contributed by atoms with Crippen molar-refractivity contribution in [3.05, 3.63) is 65.2 Å². The lowest BCUT2D eigenvalue weighted by atomic mass is 9.79. The molecule has 0 N–H and O–H groups in total. The molecule has 2 aromatic carbocycles. The molecule has 1 aliphatic heterocycles. The van der Waals surface area contributed by atoms with E-state index in [9.17, 15) is 4.79 Å². The van der Waals surface area contributed by atoms with E-state index in [0.29, 0.717) is 37.9 Å². The fraction of sp³-hybridized carbons (Fsp3) is 0.400. The summed E-state index contributed by atoms with van der Waals surface area (Å²) < 4.78 is 10.6. The fourth-order valence-electron chi connectivity index (χ4n) is 3.28. The van der Waals surface area contributed by atoms with Crippen LogP contribution in [0.4, 0.5) is 0 Å². The van der Waals surface area contributed by atoms with Crippen LogP contribution in [0.1, 0.15) is 43.9 Å². The minimum Gasteiger partial charge on any atom is -0.494 e. The molecule has 0 saturated carbocycles. The normalized spacial score (nSPS) is 15.7. The van der Waals surface area contributed by atoms with Crippen LogP contribution in [0.3, 0.4) is 0 Å². The minimum atomic E-state index is -0.255. The number of hydrogen-bond donors (Lipinski definition) is 0. The van der Waals surface area contributed by atoms with Crippen molar-refractivity contribution in [2.45, 2.75) is 33.6 Å². The molecule has 3 rings (SSSR count). The molecule has 1 fully saturated rings. The van der Waals surface area contributed by atoms with Crippen molar-refractivity contribution in [3.8, 4) is 17.6 Å². The molecule has 1 saturated heterocycles. The quantitative estimate of drug-likeness (QED) is 0.660. The molecule has 1 heterocycles. The average Bonchev–Trinajstić information content (AvgIpc) is 2.66. The van der Waals surface area contributed by atoms with Crippen LogP contribution >= 0.6 is 0 Å². The Hall–Kier alpha value is -2.57. The van der Waals surface area contributed by atoms with E-state index in [1.807, 2.05) is 50.2 Å². The highest BCUT2D eigenvalue weighted by Gasteiger charge is 2.40. The van der Waals surface area contributed by atoms with Gasteiger partial charge in [-0.05, 0) is 68.1 Å². The third kappa shape index (κ3) is 5.24. The number of ether oxygens (including phenoxy) is 2. The Labute approximate surface area is 168 Å². The predicted molar refractivity (Wildman–Crippen MR) is 111 cm³/mol. The van der Waals surface area contributed by atoms with Gasteiger partial charge in [-0.25, -0.2) is 0 Å². The number of benzene rings is 2. The number of carbonyl (C=O) groups excluding carboxylic acids is 1. The van der Waals surface area contributed by atoms with Gasteiger partial charge in [0.25, 0.3) is 0 Å². The summed E-state index contributed by atoms with van der Waals surface area (Å²) in [4.78, 5) is 12.4. The van der Waals surface area contributed by atoms with E-state index in [4.69, 9.17) is 9.47 Å². The third-order valence-corrected chi connectivity index (χ3v) is 5.10. The highest BCUT2D eigenvalue weighted by atomic mass is 16.5. The lowest BCUT2D eigenvalue weighted by Gasteiger charge is -2.37. The van der Waals surface area contributed by atoms with Gasteiger partial charge >= 0.3 is 0 Å². The number of ketones is 1. The van der Waals surface area contributed by atoms with Gasteiger partial charge in [0.1, 0.15) is 11.5 Å². The molecule has 28 heavy (non-hydrogen) atoms. The van der Waals surface area contributed by atoms with Gasteiger partial charge in [-0.2, -0.15) is 0 Å². The van der Waals surface area contributed by atoms with Crippen molar-refractivity contribution in [3.63, 3.8) is 0 Å². The monoisotopic (exact) mass is 376 g/mol.